The van der Waals surface area contributed by atoms with Crippen molar-refractivity contribution >= 4 is 27.5 Å². The standard InChI is InChI=1S/C15H14BrFN2O/c1-18-9-11-4-2-3-5-14(11)19-15(20)10-6-7-12(16)13(17)8-10/h2-8,18H,9H2,1H3,(H,19,20). The van der Waals surface area contributed by atoms with E-state index in [4.69, 9.17) is 0 Å². The third-order valence-electron chi connectivity index (χ3n) is 2.81. The summed E-state index contributed by atoms with van der Waals surface area (Å²) >= 11 is 3.06. The highest BCUT2D eigenvalue weighted by Crippen LogP contribution is 2.19. The second-order valence-electron chi connectivity index (χ2n) is 4.27. The molecule has 0 aliphatic rings. The van der Waals surface area contributed by atoms with Crippen LogP contribution < -0.4 is 10.6 Å². The molecule has 0 aliphatic heterocycles. The van der Waals surface area contributed by atoms with E-state index in [1.54, 1.807) is 6.07 Å². The summed E-state index contributed by atoms with van der Waals surface area (Å²) in [4.78, 5) is 12.1. The number of carbonyl (C=O) groups excluding carboxylic acids is 1. The molecule has 5 heteroatoms. The molecule has 0 fully saturated rings. The molecule has 3 nitrogen and oxygen atoms in total. The molecular weight excluding hydrogens is 323 g/mol. The SMILES string of the molecule is CNCc1ccccc1NC(=O)c1ccc(Br)c(F)c1. The van der Waals surface area contributed by atoms with Gasteiger partial charge < -0.3 is 10.6 Å². The lowest BCUT2D eigenvalue weighted by atomic mass is 10.1. The highest BCUT2D eigenvalue weighted by molar-refractivity contribution is 9.10. The van der Waals surface area contributed by atoms with Gasteiger partial charge in [0.1, 0.15) is 5.82 Å². The molecule has 0 atom stereocenters. The quantitative estimate of drug-likeness (QED) is 0.896. The first kappa shape index (κ1) is 14.7. The first-order valence-corrected chi connectivity index (χ1v) is 6.90. The number of hydrogen-bond donors (Lipinski definition) is 2. The fraction of sp³-hybridized carbons (Fsp3) is 0.133. The van der Waals surface area contributed by atoms with Gasteiger partial charge in [0.2, 0.25) is 0 Å². The molecule has 2 N–H and O–H groups in total. The molecule has 0 saturated carbocycles. The van der Waals surface area contributed by atoms with Gasteiger partial charge in [-0.25, -0.2) is 4.39 Å². The Balaban J connectivity index is 2.21. The van der Waals surface area contributed by atoms with E-state index in [9.17, 15) is 9.18 Å². The molecule has 2 aromatic carbocycles. The van der Waals surface area contributed by atoms with Crippen LogP contribution in [0.3, 0.4) is 0 Å². The van der Waals surface area contributed by atoms with Crippen molar-refractivity contribution in [2.24, 2.45) is 0 Å². The molecule has 1 amide bonds. The molecule has 2 rings (SSSR count). The van der Waals surface area contributed by atoms with E-state index in [2.05, 4.69) is 26.6 Å². The van der Waals surface area contributed by atoms with Crippen LogP contribution in [-0.2, 0) is 6.54 Å². The summed E-state index contributed by atoms with van der Waals surface area (Å²) in [6, 6.07) is 11.8. The Bertz CT molecular complexity index is 631. The Hall–Kier alpha value is -1.72. The highest BCUT2D eigenvalue weighted by Gasteiger charge is 2.10. The van der Waals surface area contributed by atoms with Crippen molar-refractivity contribution < 1.29 is 9.18 Å². The van der Waals surface area contributed by atoms with Crippen LogP contribution in [0.4, 0.5) is 10.1 Å². The van der Waals surface area contributed by atoms with E-state index in [0.29, 0.717) is 11.0 Å². The van der Waals surface area contributed by atoms with Crippen LogP contribution in [0.15, 0.2) is 46.9 Å². The zero-order valence-corrected chi connectivity index (χ0v) is 12.5. The average molecular weight is 337 g/mol. The number of rotatable bonds is 4. The van der Waals surface area contributed by atoms with Crippen molar-refractivity contribution in [2.45, 2.75) is 6.54 Å². The van der Waals surface area contributed by atoms with Gasteiger partial charge in [0.15, 0.2) is 0 Å². The molecule has 0 aliphatic carbocycles. The minimum absolute atomic E-state index is 0.282. The molecule has 0 bridgehead atoms. The molecule has 0 aromatic heterocycles. The van der Waals surface area contributed by atoms with Gasteiger partial charge in [0.25, 0.3) is 5.91 Å². The zero-order valence-electron chi connectivity index (χ0n) is 10.9. The van der Waals surface area contributed by atoms with Crippen molar-refractivity contribution in [1.29, 1.82) is 0 Å². The van der Waals surface area contributed by atoms with Crippen molar-refractivity contribution in [2.75, 3.05) is 12.4 Å². The third kappa shape index (κ3) is 3.43. The van der Waals surface area contributed by atoms with Gasteiger partial charge in [-0.15, -0.1) is 0 Å². The van der Waals surface area contributed by atoms with Gasteiger partial charge in [-0.1, -0.05) is 18.2 Å². The van der Waals surface area contributed by atoms with Crippen molar-refractivity contribution in [3.8, 4) is 0 Å². The molecule has 0 spiro atoms. The molecule has 0 unspecified atom stereocenters. The first-order valence-electron chi connectivity index (χ1n) is 6.10. The Labute approximate surface area is 125 Å². The molecule has 2 aromatic rings. The van der Waals surface area contributed by atoms with Gasteiger partial charge >= 0.3 is 0 Å². The predicted molar refractivity (Wildman–Crippen MR) is 81.3 cm³/mol. The zero-order chi connectivity index (χ0) is 14.5. The van der Waals surface area contributed by atoms with Crippen LogP contribution in [0.25, 0.3) is 0 Å². The maximum Gasteiger partial charge on any atom is 0.255 e. The topological polar surface area (TPSA) is 41.1 Å². The third-order valence-corrected chi connectivity index (χ3v) is 3.46. The van der Waals surface area contributed by atoms with Crippen molar-refractivity contribution in [3.05, 3.63) is 63.9 Å². The molecule has 0 heterocycles. The maximum atomic E-state index is 13.4. The number of hydrogen-bond acceptors (Lipinski definition) is 2. The van der Waals surface area contributed by atoms with Gasteiger partial charge in [0, 0.05) is 17.8 Å². The Morgan fingerprint density at radius 1 is 1.25 bits per heavy atom. The van der Waals surface area contributed by atoms with Gasteiger partial charge in [-0.2, -0.15) is 0 Å². The Kier molecular flexibility index (Phi) is 4.87. The smallest absolute Gasteiger partial charge is 0.255 e. The van der Waals surface area contributed by atoms with E-state index in [0.717, 1.165) is 11.3 Å². The molecule has 104 valence electrons. The van der Waals surface area contributed by atoms with Crippen LogP contribution in [0.1, 0.15) is 15.9 Å². The summed E-state index contributed by atoms with van der Waals surface area (Å²) in [5.74, 6) is -0.791. The second kappa shape index (κ2) is 6.63. The minimum Gasteiger partial charge on any atom is -0.322 e. The molecular formula is C15H14BrFN2O. The summed E-state index contributed by atoms with van der Waals surface area (Å²) in [7, 11) is 1.84. The summed E-state index contributed by atoms with van der Waals surface area (Å²) in [6.45, 7) is 0.644. The molecule has 20 heavy (non-hydrogen) atoms. The lowest BCUT2D eigenvalue weighted by Gasteiger charge is -2.11. The fourth-order valence-electron chi connectivity index (χ4n) is 1.82. The number of carbonyl (C=O) groups is 1. The van der Waals surface area contributed by atoms with E-state index in [-0.39, 0.29) is 11.5 Å². The predicted octanol–water partition coefficient (Wildman–Crippen LogP) is 3.56. The maximum absolute atomic E-state index is 13.4. The van der Waals surface area contributed by atoms with Crippen LogP contribution in [-0.4, -0.2) is 13.0 Å². The number of halogens is 2. The van der Waals surface area contributed by atoms with Crippen molar-refractivity contribution in [1.82, 2.24) is 5.32 Å². The van der Waals surface area contributed by atoms with E-state index in [1.165, 1.54) is 12.1 Å². The number of para-hydroxylation sites is 1. The Morgan fingerprint density at radius 2 is 2.00 bits per heavy atom. The molecule has 0 radical (unpaired) electrons. The normalized spacial score (nSPS) is 10.3. The van der Waals surface area contributed by atoms with Crippen LogP contribution in [0.5, 0.6) is 0 Å². The summed E-state index contributed by atoms with van der Waals surface area (Å²) in [5.41, 5.74) is 1.97. The molecule has 0 saturated heterocycles. The summed E-state index contributed by atoms with van der Waals surface area (Å²) in [5, 5.41) is 5.83. The second-order valence-corrected chi connectivity index (χ2v) is 5.12. The lowest BCUT2D eigenvalue weighted by Crippen LogP contribution is -2.15. The fourth-order valence-corrected chi connectivity index (χ4v) is 2.07. The average Bonchev–Trinajstić information content (AvgIpc) is 2.44. The largest absolute Gasteiger partial charge is 0.322 e. The minimum atomic E-state index is -0.457. The summed E-state index contributed by atoms with van der Waals surface area (Å²) in [6.07, 6.45) is 0. The lowest BCUT2D eigenvalue weighted by molar-refractivity contribution is 0.102. The van der Waals surface area contributed by atoms with E-state index >= 15 is 0 Å². The van der Waals surface area contributed by atoms with Crippen LogP contribution in [0.2, 0.25) is 0 Å². The van der Waals surface area contributed by atoms with Crippen molar-refractivity contribution in [3.63, 3.8) is 0 Å². The number of benzene rings is 2. The van der Waals surface area contributed by atoms with Gasteiger partial charge in [-0.05, 0) is 52.8 Å². The van der Waals surface area contributed by atoms with Gasteiger partial charge in [-0.3, -0.25) is 4.79 Å². The van der Waals surface area contributed by atoms with E-state index < -0.39 is 5.82 Å². The Morgan fingerprint density at radius 3 is 2.70 bits per heavy atom. The number of amides is 1. The monoisotopic (exact) mass is 336 g/mol. The van der Waals surface area contributed by atoms with E-state index in [1.807, 2.05) is 31.3 Å². The first-order chi connectivity index (χ1) is 9.61. The number of anilines is 1. The van der Waals surface area contributed by atoms with Crippen LogP contribution in [0, 0.1) is 5.82 Å². The summed E-state index contributed by atoms with van der Waals surface area (Å²) < 4.78 is 13.8. The van der Waals surface area contributed by atoms with Crippen LogP contribution >= 0.6 is 15.9 Å². The van der Waals surface area contributed by atoms with Gasteiger partial charge in [0.05, 0.1) is 4.47 Å². The highest BCUT2D eigenvalue weighted by atomic mass is 79.9. The number of nitrogens with one attached hydrogen (secondary N) is 2.